The van der Waals surface area contributed by atoms with Crippen molar-refractivity contribution in [2.45, 2.75) is 83.0 Å². The first-order chi connectivity index (χ1) is 11.1. The average molecular weight is 355 g/mol. The predicted octanol–water partition coefficient (Wildman–Crippen LogP) is 4.22. The van der Waals surface area contributed by atoms with Gasteiger partial charge in [-0.1, -0.05) is 33.5 Å². The van der Waals surface area contributed by atoms with Gasteiger partial charge in [-0.05, 0) is 24.7 Å². The molecule has 0 radical (unpaired) electrons. The molecule has 0 N–H and O–H groups in total. The molecule has 0 aromatic rings. The molecule has 1 spiro atoms. The first-order valence-electron chi connectivity index (χ1n) is 9.55. The largest absolute Gasteiger partial charge is 0.462 e. The molecule has 1 heterocycles. The van der Waals surface area contributed by atoms with Gasteiger partial charge >= 0.3 is 5.97 Å². The predicted molar refractivity (Wildman–Crippen MR) is 96.5 cm³/mol. The van der Waals surface area contributed by atoms with Crippen molar-refractivity contribution in [2.24, 2.45) is 17.8 Å². The van der Waals surface area contributed by atoms with Crippen LogP contribution >= 0.6 is 0 Å². The van der Waals surface area contributed by atoms with Gasteiger partial charge in [0.1, 0.15) is 6.10 Å². The van der Waals surface area contributed by atoms with Gasteiger partial charge in [-0.25, -0.2) is 0 Å². The second kappa shape index (κ2) is 6.10. The van der Waals surface area contributed by atoms with Crippen LogP contribution in [0.5, 0.6) is 0 Å². The highest BCUT2D eigenvalue weighted by Crippen LogP contribution is 2.67. The normalized spacial score (nSPS) is 35.7. The quantitative estimate of drug-likeness (QED) is 0.560. The SMILES string of the molecule is CC(=O)O[C@H](C1[C@H](C)CC2(C[C@@H]1C)OCCO2)C1([Si](C)(C)C)CC1. The lowest BCUT2D eigenvalue weighted by Gasteiger charge is -2.50. The Bertz CT molecular complexity index is 474. The van der Waals surface area contributed by atoms with Crippen LogP contribution in [0.25, 0.3) is 0 Å². The molecule has 4 atom stereocenters. The van der Waals surface area contributed by atoms with Gasteiger partial charge in [0.15, 0.2) is 5.79 Å². The summed E-state index contributed by atoms with van der Waals surface area (Å²) >= 11 is 0. The summed E-state index contributed by atoms with van der Waals surface area (Å²) in [5.74, 6) is 0.764. The molecule has 5 heteroatoms. The first kappa shape index (κ1) is 18.4. The molecule has 0 aromatic heterocycles. The molecule has 1 unspecified atom stereocenters. The highest BCUT2D eigenvalue weighted by molar-refractivity contribution is 6.80. The molecular weight excluding hydrogens is 320 g/mol. The lowest BCUT2D eigenvalue weighted by atomic mass is 9.67. The van der Waals surface area contributed by atoms with Gasteiger partial charge in [0, 0.05) is 30.7 Å². The van der Waals surface area contributed by atoms with Gasteiger partial charge in [-0.15, -0.1) is 0 Å². The summed E-state index contributed by atoms with van der Waals surface area (Å²) in [6, 6.07) is 0. The Balaban J connectivity index is 1.86. The number of rotatable bonds is 4. The van der Waals surface area contributed by atoms with Gasteiger partial charge in [-0.3, -0.25) is 4.79 Å². The molecule has 0 bridgehead atoms. The first-order valence-corrected chi connectivity index (χ1v) is 13.1. The number of hydrogen-bond donors (Lipinski definition) is 0. The maximum Gasteiger partial charge on any atom is 0.302 e. The van der Waals surface area contributed by atoms with Crippen LogP contribution < -0.4 is 0 Å². The zero-order chi connectivity index (χ0) is 17.8. The van der Waals surface area contributed by atoms with Gasteiger partial charge in [0.25, 0.3) is 0 Å². The van der Waals surface area contributed by atoms with Crippen molar-refractivity contribution in [3.8, 4) is 0 Å². The van der Waals surface area contributed by atoms with Crippen LogP contribution in [0.2, 0.25) is 24.7 Å². The van der Waals surface area contributed by atoms with E-state index in [4.69, 9.17) is 14.2 Å². The minimum atomic E-state index is -1.43. The van der Waals surface area contributed by atoms with Crippen molar-refractivity contribution in [2.75, 3.05) is 13.2 Å². The van der Waals surface area contributed by atoms with E-state index in [0.29, 0.717) is 31.0 Å². The van der Waals surface area contributed by atoms with Crippen molar-refractivity contribution < 1.29 is 19.0 Å². The number of esters is 1. The molecule has 24 heavy (non-hydrogen) atoms. The fraction of sp³-hybridized carbons (Fsp3) is 0.947. The Morgan fingerprint density at radius 2 is 1.58 bits per heavy atom. The van der Waals surface area contributed by atoms with E-state index in [9.17, 15) is 4.79 Å². The van der Waals surface area contributed by atoms with Gasteiger partial charge in [-0.2, -0.15) is 0 Å². The summed E-state index contributed by atoms with van der Waals surface area (Å²) in [4.78, 5) is 11.9. The van der Waals surface area contributed by atoms with Crippen molar-refractivity contribution in [1.82, 2.24) is 0 Å². The molecule has 2 aliphatic carbocycles. The van der Waals surface area contributed by atoms with Crippen LogP contribution in [0.3, 0.4) is 0 Å². The van der Waals surface area contributed by atoms with Crippen molar-refractivity contribution in [1.29, 1.82) is 0 Å². The molecule has 3 rings (SSSR count). The van der Waals surface area contributed by atoms with Crippen LogP contribution in [-0.4, -0.2) is 39.1 Å². The zero-order valence-corrected chi connectivity index (χ0v) is 17.2. The summed E-state index contributed by atoms with van der Waals surface area (Å²) in [7, 11) is -1.43. The summed E-state index contributed by atoms with van der Waals surface area (Å²) in [5.41, 5.74) is 0. The highest BCUT2D eigenvalue weighted by atomic mass is 28.3. The molecule has 138 valence electrons. The minimum absolute atomic E-state index is 0.0606. The van der Waals surface area contributed by atoms with E-state index in [1.54, 1.807) is 6.92 Å². The van der Waals surface area contributed by atoms with Gasteiger partial charge in [0.05, 0.1) is 21.3 Å². The summed E-state index contributed by atoms with van der Waals surface area (Å²) < 4.78 is 18.0. The number of carbonyl (C=O) groups excluding carboxylic acids is 1. The minimum Gasteiger partial charge on any atom is -0.462 e. The molecular formula is C19H34O4Si. The molecule has 0 aromatic carbocycles. The summed E-state index contributed by atoms with van der Waals surface area (Å²) in [6.07, 6.45) is 4.33. The van der Waals surface area contributed by atoms with E-state index in [1.165, 1.54) is 12.8 Å². The number of carbonyl (C=O) groups is 1. The standard InChI is InChI=1S/C19H34O4Si/c1-13-11-19(21-9-10-22-19)12-14(2)16(13)17(23-15(3)20)18(7-8-18)24(4,5)6/h13-14,16-17H,7-12H2,1-6H3/t13-,14+,16?,17-/m1/s1. The van der Waals surface area contributed by atoms with Crippen molar-refractivity contribution in [3.63, 3.8) is 0 Å². The van der Waals surface area contributed by atoms with E-state index < -0.39 is 8.07 Å². The monoisotopic (exact) mass is 354 g/mol. The van der Waals surface area contributed by atoms with Crippen LogP contribution in [0, 0.1) is 17.8 Å². The molecule has 1 aliphatic heterocycles. The van der Waals surface area contributed by atoms with E-state index >= 15 is 0 Å². The molecule has 1 saturated heterocycles. The number of ether oxygens (including phenoxy) is 3. The van der Waals surface area contributed by atoms with Gasteiger partial charge in [0.2, 0.25) is 0 Å². The second-order valence-electron chi connectivity index (χ2n) is 9.48. The average Bonchev–Trinajstić information content (AvgIpc) is 3.14. The van der Waals surface area contributed by atoms with E-state index in [2.05, 4.69) is 33.5 Å². The maximum atomic E-state index is 11.9. The Hall–Kier alpha value is -0.393. The fourth-order valence-electron chi connectivity index (χ4n) is 5.56. The van der Waals surface area contributed by atoms with Crippen molar-refractivity contribution >= 4 is 14.0 Å². The Kier molecular flexibility index (Phi) is 4.67. The van der Waals surface area contributed by atoms with E-state index in [-0.39, 0.29) is 22.9 Å². The molecule has 3 fully saturated rings. The third-order valence-corrected chi connectivity index (χ3v) is 10.6. The molecule has 2 saturated carbocycles. The van der Waals surface area contributed by atoms with Crippen LogP contribution in [0.4, 0.5) is 0 Å². The summed E-state index contributed by atoms with van der Waals surface area (Å²) in [6.45, 7) is 14.9. The molecule has 4 nitrogen and oxygen atoms in total. The molecule has 3 aliphatic rings. The van der Waals surface area contributed by atoms with Crippen LogP contribution in [0.1, 0.15) is 46.5 Å². The number of hydrogen-bond acceptors (Lipinski definition) is 4. The lowest BCUT2D eigenvalue weighted by molar-refractivity contribution is -0.215. The van der Waals surface area contributed by atoms with E-state index in [0.717, 1.165) is 12.8 Å². The maximum absolute atomic E-state index is 11.9. The zero-order valence-electron chi connectivity index (χ0n) is 16.2. The smallest absolute Gasteiger partial charge is 0.302 e. The second-order valence-corrected chi connectivity index (χ2v) is 15.0. The van der Waals surface area contributed by atoms with Crippen LogP contribution in [0.15, 0.2) is 0 Å². The third-order valence-electron chi connectivity index (χ3n) is 6.86. The van der Waals surface area contributed by atoms with Crippen LogP contribution in [-0.2, 0) is 19.0 Å². The Morgan fingerprint density at radius 1 is 1.08 bits per heavy atom. The topological polar surface area (TPSA) is 44.8 Å². The Morgan fingerprint density at radius 3 is 1.96 bits per heavy atom. The lowest BCUT2D eigenvalue weighted by Crippen LogP contribution is -2.52. The summed E-state index contributed by atoms with van der Waals surface area (Å²) in [5, 5.41) is 0.258. The third kappa shape index (κ3) is 3.08. The van der Waals surface area contributed by atoms with Crippen molar-refractivity contribution in [3.05, 3.63) is 0 Å². The van der Waals surface area contributed by atoms with E-state index in [1.807, 2.05) is 0 Å². The highest BCUT2D eigenvalue weighted by Gasteiger charge is 2.63. The molecule has 0 amide bonds. The Labute approximate surface area is 147 Å². The van der Waals surface area contributed by atoms with Gasteiger partial charge < -0.3 is 14.2 Å². The fourth-order valence-corrected chi connectivity index (χ4v) is 8.29.